The number of nitrogens with one attached hydrogen (secondary N) is 1. The summed E-state index contributed by atoms with van der Waals surface area (Å²) in [5.74, 6) is -0.390. The van der Waals surface area contributed by atoms with E-state index in [1.165, 1.54) is 6.42 Å². The first kappa shape index (κ1) is 23.9. The summed E-state index contributed by atoms with van der Waals surface area (Å²) in [4.78, 5) is 27.9. The number of hydrogen-bond acceptors (Lipinski definition) is 2. The van der Waals surface area contributed by atoms with Crippen molar-refractivity contribution >= 4 is 46.6 Å². The number of carbonyl (C=O) groups excluding carboxylic acids is 2. The Labute approximate surface area is 198 Å². The Kier molecular flexibility index (Phi) is 8.65. The predicted molar refractivity (Wildman–Crippen MR) is 127 cm³/mol. The first-order chi connectivity index (χ1) is 14.9. The third kappa shape index (κ3) is 6.38. The lowest BCUT2D eigenvalue weighted by atomic mass is 9.95. The second-order valence-corrected chi connectivity index (χ2v) is 9.23. The van der Waals surface area contributed by atoms with Gasteiger partial charge in [0.05, 0.1) is 6.42 Å². The fourth-order valence-electron chi connectivity index (χ4n) is 3.92. The molecule has 31 heavy (non-hydrogen) atoms. The van der Waals surface area contributed by atoms with Gasteiger partial charge in [0, 0.05) is 27.7 Å². The molecule has 0 saturated heterocycles. The van der Waals surface area contributed by atoms with Gasteiger partial charge < -0.3 is 10.2 Å². The molecular formula is C24H27Cl3N2O2. The quantitative estimate of drug-likeness (QED) is 0.523. The molecule has 0 heterocycles. The molecule has 1 saturated carbocycles. The van der Waals surface area contributed by atoms with E-state index in [4.69, 9.17) is 34.8 Å². The Morgan fingerprint density at radius 1 is 0.968 bits per heavy atom. The van der Waals surface area contributed by atoms with E-state index in [1.54, 1.807) is 36.1 Å². The lowest BCUT2D eigenvalue weighted by Gasteiger charge is -2.31. The van der Waals surface area contributed by atoms with Crippen molar-refractivity contribution in [3.8, 4) is 0 Å². The van der Waals surface area contributed by atoms with Gasteiger partial charge in [-0.3, -0.25) is 9.59 Å². The van der Waals surface area contributed by atoms with Crippen LogP contribution in [0.4, 0.5) is 0 Å². The molecule has 0 spiro atoms. The van der Waals surface area contributed by atoms with Gasteiger partial charge in [-0.05, 0) is 49.1 Å². The fourth-order valence-corrected chi connectivity index (χ4v) is 4.64. The van der Waals surface area contributed by atoms with Crippen molar-refractivity contribution in [2.45, 2.75) is 64.1 Å². The van der Waals surface area contributed by atoms with Crippen molar-refractivity contribution < 1.29 is 9.59 Å². The zero-order valence-electron chi connectivity index (χ0n) is 17.5. The van der Waals surface area contributed by atoms with Gasteiger partial charge in [0.15, 0.2) is 0 Å². The zero-order valence-corrected chi connectivity index (χ0v) is 19.8. The van der Waals surface area contributed by atoms with Crippen LogP contribution in [0.15, 0.2) is 42.5 Å². The van der Waals surface area contributed by atoms with Crippen molar-refractivity contribution in [1.29, 1.82) is 0 Å². The molecule has 1 aliphatic carbocycles. The third-order valence-corrected chi connectivity index (χ3v) is 6.88. The average molecular weight is 482 g/mol. The molecule has 0 aromatic heterocycles. The molecule has 0 radical (unpaired) electrons. The maximum atomic E-state index is 13.4. The van der Waals surface area contributed by atoms with Crippen LogP contribution < -0.4 is 5.32 Å². The van der Waals surface area contributed by atoms with E-state index in [2.05, 4.69) is 5.32 Å². The maximum absolute atomic E-state index is 13.4. The normalized spacial score (nSPS) is 15.4. The summed E-state index contributed by atoms with van der Waals surface area (Å²) < 4.78 is 0. The largest absolute Gasteiger partial charge is 0.352 e. The van der Waals surface area contributed by atoms with E-state index >= 15 is 0 Å². The summed E-state index contributed by atoms with van der Waals surface area (Å²) in [6.45, 7) is 1.97. The van der Waals surface area contributed by atoms with E-state index in [9.17, 15) is 9.59 Å². The van der Waals surface area contributed by atoms with Crippen LogP contribution in [-0.4, -0.2) is 28.8 Å². The van der Waals surface area contributed by atoms with E-state index in [0.29, 0.717) is 20.6 Å². The molecule has 2 aromatic carbocycles. The standard InChI is InChI=1S/C24H27Cl3N2O2/c1-16(24(31)28-18-9-3-2-4-10-18)29(15-17-8-5-6-11-20(17)25)23(30)14-19-21(26)12-7-13-22(19)27/h5-8,11-13,16,18H,2-4,9-10,14-15H2,1H3,(H,28,31)/t16-/m0/s1. The zero-order chi connectivity index (χ0) is 22.4. The molecule has 1 atom stereocenters. The Hall–Kier alpha value is -1.75. The van der Waals surface area contributed by atoms with Crippen molar-refractivity contribution in [2.75, 3.05) is 0 Å². The predicted octanol–water partition coefficient (Wildman–Crippen LogP) is 6.06. The summed E-state index contributed by atoms with van der Waals surface area (Å²) in [7, 11) is 0. The average Bonchev–Trinajstić information content (AvgIpc) is 2.76. The first-order valence-corrected chi connectivity index (χ1v) is 11.8. The molecule has 0 unspecified atom stereocenters. The van der Waals surface area contributed by atoms with E-state index in [0.717, 1.165) is 31.2 Å². The van der Waals surface area contributed by atoms with Crippen molar-refractivity contribution in [1.82, 2.24) is 10.2 Å². The maximum Gasteiger partial charge on any atom is 0.242 e. The highest BCUT2D eigenvalue weighted by atomic mass is 35.5. The van der Waals surface area contributed by atoms with Gasteiger partial charge in [-0.2, -0.15) is 0 Å². The Morgan fingerprint density at radius 3 is 2.23 bits per heavy atom. The highest BCUT2D eigenvalue weighted by Gasteiger charge is 2.29. The number of nitrogens with zero attached hydrogens (tertiary/aromatic N) is 1. The van der Waals surface area contributed by atoms with Gasteiger partial charge in [0.25, 0.3) is 0 Å². The lowest BCUT2D eigenvalue weighted by molar-refractivity contribution is -0.140. The Balaban J connectivity index is 1.82. The number of halogens is 3. The van der Waals surface area contributed by atoms with Crippen LogP contribution in [-0.2, 0) is 22.6 Å². The molecule has 7 heteroatoms. The summed E-state index contributed by atoms with van der Waals surface area (Å²) in [5, 5.41) is 4.53. The van der Waals surface area contributed by atoms with Gasteiger partial charge in [-0.15, -0.1) is 0 Å². The molecule has 166 valence electrons. The Bertz CT molecular complexity index is 909. The highest BCUT2D eigenvalue weighted by molar-refractivity contribution is 6.36. The van der Waals surface area contributed by atoms with Crippen LogP contribution in [0.3, 0.4) is 0 Å². The van der Waals surface area contributed by atoms with E-state index < -0.39 is 6.04 Å². The smallest absolute Gasteiger partial charge is 0.242 e. The van der Waals surface area contributed by atoms with Crippen LogP contribution in [0.25, 0.3) is 0 Å². The molecule has 0 bridgehead atoms. The molecule has 2 aromatic rings. The van der Waals surface area contributed by atoms with Gasteiger partial charge in [-0.25, -0.2) is 0 Å². The second-order valence-electron chi connectivity index (χ2n) is 8.01. The molecule has 1 N–H and O–H groups in total. The number of hydrogen-bond donors (Lipinski definition) is 1. The van der Waals surface area contributed by atoms with Gasteiger partial charge >= 0.3 is 0 Å². The molecule has 4 nitrogen and oxygen atoms in total. The van der Waals surface area contributed by atoms with Crippen LogP contribution in [0.2, 0.25) is 15.1 Å². The number of carbonyl (C=O) groups is 2. The summed E-state index contributed by atoms with van der Waals surface area (Å²) in [6, 6.07) is 12.0. The lowest BCUT2D eigenvalue weighted by Crippen LogP contribution is -2.50. The van der Waals surface area contributed by atoms with E-state index in [-0.39, 0.29) is 30.8 Å². The van der Waals surface area contributed by atoms with Crippen LogP contribution >= 0.6 is 34.8 Å². The summed E-state index contributed by atoms with van der Waals surface area (Å²) in [5.41, 5.74) is 1.33. The van der Waals surface area contributed by atoms with Gasteiger partial charge in [-0.1, -0.05) is 78.3 Å². The number of amides is 2. The molecular weight excluding hydrogens is 455 g/mol. The molecule has 2 amide bonds. The minimum Gasteiger partial charge on any atom is -0.352 e. The van der Waals surface area contributed by atoms with Crippen LogP contribution in [0.5, 0.6) is 0 Å². The Morgan fingerprint density at radius 2 is 1.58 bits per heavy atom. The van der Waals surface area contributed by atoms with Crippen LogP contribution in [0.1, 0.15) is 50.2 Å². The summed E-state index contributed by atoms with van der Waals surface area (Å²) >= 11 is 18.9. The van der Waals surface area contributed by atoms with Crippen LogP contribution in [0, 0.1) is 0 Å². The fraction of sp³-hybridized carbons (Fsp3) is 0.417. The van der Waals surface area contributed by atoms with Gasteiger partial charge in [0.1, 0.15) is 6.04 Å². The second kappa shape index (κ2) is 11.2. The monoisotopic (exact) mass is 480 g/mol. The minimum atomic E-state index is -0.660. The third-order valence-electron chi connectivity index (χ3n) is 5.81. The van der Waals surface area contributed by atoms with E-state index in [1.807, 2.05) is 18.2 Å². The molecule has 0 aliphatic heterocycles. The first-order valence-electron chi connectivity index (χ1n) is 10.6. The summed E-state index contributed by atoms with van der Waals surface area (Å²) in [6.07, 6.45) is 5.40. The van der Waals surface area contributed by atoms with Crippen molar-refractivity contribution in [2.24, 2.45) is 0 Å². The number of benzene rings is 2. The van der Waals surface area contributed by atoms with Gasteiger partial charge in [0.2, 0.25) is 11.8 Å². The molecule has 1 aliphatic rings. The molecule has 1 fully saturated rings. The van der Waals surface area contributed by atoms with Crippen molar-refractivity contribution in [3.05, 3.63) is 68.7 Å². The topological polar surface area (TPSA) is 49.4 Å². The highest BCUT2D eigenvalue weighted by Crippen LogP contribution is 2.27. The van der Waals surface area contributed by atoms with Crippen molar-refractivity contribution in [3.63, 3.8) is 0 Å². The molecule has 3 rings (SSSR count). The minimum absolute atomic E-state index is 0.00398. The number of rotatable bonds is 7. The SMILES string of the molecule is C[C@@H](C(=O)NC1CCCCC1)N(Cc1ccccc1Cl)C(=O)Cc1c(Cl)cccc1Cl.